The average Bonchev–Trinajstić information content (AvgIpc) is 3.48. The fourth-order valence-electron chi connectivity index (χ4n) is 2.71. The van der Waals surface area contributed by atoms with Crippen LogP contribution < -0.4 is 9.47 Å². The third kappa shape index (κ3) is 5.06. The van der Waals surface area contributed by atoms with Gasteiger partial charge in [-0.1, -0.05) is 12.1 Å². The Morgan fingerprint density at radius 1 is 1.03 bits per heavy atom. The van der Waals surface area contributed by atoms with E-state index >= 15 is 0 Å². The largest absolute Gasteiger partial charge is 0.497 e. The van der Waals surface area contributed by atoms with Crippen LogP contribution >= 0.6 is 22.7 Å². The van der Waals surface area contributed by atoms with E-state index in [0.29, 0.717) is 11.4 Å². The molecule has 0 saturated heterocycles. The van der Waals surface area contributed by atoms with Crippen LogP contribution in [0.3, 0.4) is 0 Å². The standard InChI is InChI=1S/C21H16F3N3O3S2/c1-29-13-4-2-12(3-5-13)10-30-18-8-15(16-7-6-14(9-28)32-16)25-19(27-18)20-26-17(11-31-20)21(22,23)24/h2-8,11,28H,9-10H2,1H3. The van der Waals surface area contributed by atoms with Gasteiger partial charge in [-0.25, -0.2) is 9.97 Å². The number of halogens is 3. The van der Waals surface area contributed by atoms with Crippen LogP contribution in [0.4, 0.5) is 13.2 Å². The van der Waals surface area contributed by atoms with Crippen molar-refractivity contribution in [3.63, 3.8) is 0 Å². The molecule has 0 aliphatic heterocycles. The number of aliphatic hydroxyl groups excluding tert-OH is 1. The lowest BCUT2D eigenvalue weighted by atomic mass is 10.2. The molecule has 1 N–H and O–H groups in total. The summed E-state index contributed by atoms with van der Waals surface area (Å²) in [5.41, 5.74) is 0.332. The van der Waals surface area contributed by atoms with Crippen LogP contribution in [0.15, 0.2) is 47.8 Å². The summed E-state index contributed by atoms with van der Waals surface area (Å²) >= 11 is 2.13. The van der Waals surface area contributed by atoms with Gasteiger partial charge in [-0.2, -0.15) is 18.2 Å². The van der Waals surface area contributed by atoms with E-state index in [4.69, 9.17) is 9.47 Å². The number of aromatic nitrogens is 3. The van der Waals surface area contributed by atoms with Crippen molar-refractivity contribution in [2.24, 2.45) is 0 Å². The lowest BCUT2D eigenvalue weighted by Gasteiger charge is -2.09. The summed E-state index contributed by atoms with van der Waals surface area (Å²) in [5, 5.41) is 10.3. The van der Waals surface area contributed by atoms with E-state index in [9.17, 15) is 18.3 Å². The van der Waals surface area contributed by atoms with E-state index in [1.54, 1.807) is 37.4 Å². The number of ether oxygens (including phenoxy) is 2. The Labute approximate surface area is 189 Å². The summed E-state index contributed by atoms with van der Waals surface area (Å²) in [6.07, 6.45) is -4.55. The zero-order valence-corrected chi connectivity index (χ0v) is 18.2. The SMILES string of the molecule is COc1ccc(COc2cc(-c3ccc(CO)s3)nc(-c3nc(C(F)(F)F)cs3)n2)cc1. The van der Waals surface area contributed by atoms with E-state index in [2.05, 4.69) is 15.0 Å². The van der Waals surface area contributed by atoms with Crippen molar-refractivity contribution in [3.05, 3.63) is 64.0 Å². The molecule has 0 fully saturated rings. The zero-order chi connectivity index (χ0) is 22.7. The monoisotopic (exact) mass is 479 g/mol. The molecule has 6 nitrogen and oxygen atoms in total. The molecule has 0 aliphatic rings. The van der Waals surface area contributed by atoms with E-state index in [0.717, 1.165) is 32.0 Å². The Balaban J connectivity index is 1.67. The first-order valence-corrected chi connectivity index (χ1v) is 10.9. The molecular formula is C21H16F3N3O3S2. The maximum atomic E-state index is 13.0. The van der Waals surface area contributed by atoms with Gasteiger partial charge in [0.05, 0.1) is 24.3 Å². The highest BCUT2D eigenvalue weighted by Gasteiger charge is 2.34. The smallest absolute Gasteiger partial charge is 0.434 e. The number of nitrogens with zero attached hydrogens (tertiary/aromatic N) is 3. The highest BCUT2D eigenvalue weighted by atomic mass is 32.1. The lowest BCUT2D eigenvalue weighted by molar-refractivity contribution is -0.140. The van der Waals surface area contributed by atoms with E-state index < -0.39 is 11.9 Å². The third-order valence-electron chi connectivity index (χ3n) is 4.30. The molecule has 3 heterocycles. The van der Waals surface area contributed by atoms with Gasteiger partial charge in [-0.3, -0.25) is 0 Å². The minimum atomic E-state index is -4.55. The first kappa shape index (κ1) is 22.2. The summed E-state index contributed by atoms with van der Waals surface area (Å²) in [7, 11) is 1.57. The summed E-state index contributed by atoms with van der Waals surface area (Å²) < 4.78 is 49.9. The topological polar surface area (TPSA) is 77.4 Å². The van der Waals surface area contributed by atoms with Gasteiger partial charge >= 0.3 is 6.18 Å². The van der Waals surface area contributed by atoms with Crippen LogP contribution in [0.1, 0.15) is 16.1 Å². The van der Waals surface area contributed by atoms with E-state index in [1.165, 1.54) is 11.3 Å². The molecular weight excluding hydrogens is 463 g/mol. The van der Waals surface area contributed by atoms with Crippen molar-refractivity contribution in [2.75, 3.05) is 7.11 Å². The van der Waals surface area contributed by atoms with Gasteiger partial charge < -0.3 is 14.6 Å². The van der Waals surface area contributed by atoms with Gasteiger partial charge in [0.1, 0.15) is 12.4 Å². The van der Waals surface area contributed by atoms with Gasteiger partial charge in [0.2, 0.25) is 5.88 Å². The highest BCUT2D eigenvalue weighted by molar-refractivity contribution is 7.15. The maximum absolute atomic E-state index is 13.0. The molecule has 0 radical (unpaired) electrons. The number of thiophene rings is 1. The van der Waals surface area contributed by atoms with Gasteiger partial charge in [-0.05, 0) is 29.8 Å². The Hall–Kier alpha value is -3.02. The molecule has 11 heteroatoms. The zero-order valence-electron chi connectivity index (χ0n) is 16.6. The number of rotatable bonds is 7. The minimum absolute atomic E-state index is 0.0340. The summed E-state index contributed by atoms with van der Waals surface area (Å²) in [5.74, 6) is 0.942. The van der Waals surface area contributed by atoms with Crippen molar-refractivity contribution in [3.8, 4) is 33.0 Å². The minimum Gasteiger partial charge on any atom is -0.497 e. The van der Waals surface area contributed by atoms with Crippen LogP contribution in [0.2, 0.25) is 0 Å². The molecule has 166 valence electrons. The molecule has 0 unspecified atom stereocenters. The fourth-order valence-corrected chi connectivity index (χ4v) is 4.29. The number of benzene rings is 1. The Morgan fingerprint density at radius 2 is 1.81 bits per heavy atom. The quantitative estimate of drug-likeness (QED) is 0.381. The predicted octanol–water partition coefficient (Wildman–Crippen LogP) is 5.43. The fraction of sp³-hybridized carbons (Fsp3) is 0.190. The molecule has 0 amide bonds. The second-order valence-electron chi connectivity index (χ2n) is 6.51. The summed E-state index contributed by atoms with van der Waals surface area (Å²) in [4.78, 5) is 13.8. The molecule has 0 saturated carbocycles. The van der Waals surface area contributed by atoms with Gasteiger partial charge in [0.15, 0.2) is 16.5 Å². The summed E-state index contributed by atoms with van der Waals surface area (Å²) in [6, 6.07) is 12.4. The number of hydrogen-bond acceptors (Lipinski definition) is 8. The van der Waals surface area contributed by atoms with Crippen LogP contribution in [-0.2, 0) is 19.4 Å². The van der Waals surface area contributed by atoms with E-state index in [-0.39, 0.29) is 29.9 Å². The van der Waals surface area contributed by atoms with Crippen LogP contribution in [-0.4, -0.2) is 27.2 Å². The maximum Gasteiger partial charge on any atom is 0.434 e. The van der Waals surface area contributed by atoms with Gasteiger partial charge in [0, 0.05) is 16.3 Å². The van der Waals surface area contributed by atoms with Crippen molar-refractivity contribution >= 4 is 22.7 Å². The van der Waals surface area contributed by atoms with Gasteiger partial charge in [0.25, 0.3) is 0 Å². The van der Waals surface area contributed by atoms with Gasteiger partial charge in [-0.15, -0.1) is 22.7 Å². The molecule has 1 aromatic carbocycles. The Bertz CT molecular complexity index is 1210. The highest BCUT2D eigenvalue weighted by Crippen LogP contribution is 2.35. The van der Waals surface area contributed by atoms with Crippen molar-refractivity contribution in [1.29, 1.82) is 0 Å². The van der Waals surface area contributed by atoms with E-state index in [1.807, 2.05) is 12.1 Å². The van der Waals surface area contributed by atoms with Crippen LogP contribution in [0, 0.1) is 0 Å². The molecule has 4 rings (SSSR count). The number of methoxy groups -OCH3 is 1. The molecule has 0 spiro atoms. The second-order valence-corrected chi connectivity index (χ2v) is 8.54. The lowest BCUT2D eigenvalue weighted by Crippen LogP contribution is -2.05. The Kier molecular flexibility index (Phi) is 6.40. The normalized spacial score (nSPS) is 11.5. The third-order valence-corrected chi connectivity index (χ3v) is 6.23. The molecule has 0 atom stereocenters. The molecule has 3 aromatic heterocycles. The summed E-state index contributed by atoms with van der Waals surface area (Å²) in [6.45, 7) is 0.0722. The molecule has 0 aliphatic carbocycles. The number of aliphatic hydroxyl groups is 1. The second kappa shape index (κ2) is 9.23. The van der Waals surface area contributed by atoms with Crippen LogP contribution in [0.25, 0.3) is 21.4 Å². The molecule has 4 aromatic rings. The first-order valence-electron chi connectivity index (χ1n) is 9.23. The number of hydrogen-bond donors (Lipinski definition) is 1. The number of thiazole rings is 1. The average molecular weight is 480 g/mol. The Morgan fingerprint density at radius 3 is 2.44 bits per heavy atom. The predicted molar refractivity (Wildman–Crippen MR) is 115 cm³/mol. The van der Waals surface area contributed by atoms with Crippen molar-refractivity contribution in [1.82, 2.24) is 15.0 Å². The molecule has 0 bridgehead atoms. The van der Waals surface area contributed by atoms with Crippen LogP contribution in [0.5, 0.6) is 11.6 Å². The number of alkyl halides is 3. The van der Waals surface area contributed by atoms with Crippen molar-refractivity contribution < 1.29 is 27.8 Å². The van der Waals surface area contributed by atoms with Crippen molar-refractivity contribution in [2.45, 2.75) is 19.4 Å². The first-order chi connectivity index (χ1) is 15.4. The molecule has 32 heavy (non-hydrogen) atoms.